The van der Waals surface area contributed by atoms with Gasteiger partial charge in [-0.3, -0.25) is 9.12 Å². The topological polar surface area (TPSA) is 63.5 Å². The van der Waals surface area contributed by atoms with Crippen LogP contribution in [0.2, 0.25) is 0 Å². The lowest BCUT2D eigenvalue weighted by Gasteiger charge is -2.12. The number of anilines is 1. The number of thiazole rings is 1. The van der Waals surface area contributed by atoms with Gasteiger partial charge in [-0.2, -0.15) is 0 Å². The van der Waals surface area contributed by atoms with Crippen LogP contribution in [0.15, 0.2) is 65.1 Å². The summed E-state index contributed by atoms with van der Waals surface area (Å²) in [6.07, 6.45) is 3.88. The highest BCUT2D eigenvalue weighted by atomic mass is 32.2. The molecule has 0 radical (unpaired) electrons. The quantitative estimate of drug-likeness (QED) is 0.565. The molecule has 2 aromatic carbocycles. The number of fused-ring (bicyclic) bond motifs is 1. The maximum atomic E-state index is 12.8. The number of nitrogens with one attached hydrogen (secondary N) is 1. The number of hydrogen-bond acceptors (Lipinski definition) is 4. The van der Waals surface area contributed by atoms with Crippen LogP contribution in [0.3, 0.4) is 0 Å². The second-order valence-electron chi connectivity index (χ2n) is 6.17. The molecular weight excluding hydrogens is 366 g/mol. The summed E-state index contributed by atoms with van der Waals surface area (Å²) in [6, 6.07) is 12.7. The third kappa shape index (κ3) is 3.11. The molecule has 0 aliphatic carbocycles. The molecule has 132 valence electrons. The Labute approximate surface area is 156 Å². The maximum absolute atomic E-state index is 12.8. The van der Waals surface area contributed by atoms with Crippen LogP contribution in [0.1, 0.15) is 11.1 Å². The van der Waals surface area contributed by atoms with E-state index in [0.29, 0.717) is 16.1 Å². The number of imidazole rings is 1. The Kier molecular flexibility index (Phi) is 4.05. The Balaban J connectivity index is 1.68. The zero-order chi connectivity index (χ0) is 18.3. The van der Waals surface area contributed by atoms with Crippen LogP contribution in [0, 0.1) is 13.8 Å². The zero-order valence-electron chi connectivity index (χ0n) is 14.3. The van der Waals surface area contributed by atoms with Crippen LogP contribution >= 0.6 is 11.3 Å². The third-order valence-electron chi connectivity index (χ3n) is 4.14. The summed E-state index contributed by atoms with van der Waals surface area (Å²) in [5, 5.41) is 1.97. The number of aromatic nitrogens is 2. The summed E-state index contributed by atoms with van der Waals surface area (Å²) >= 11 is 1.56. The van der Waals surface area contributed by atoms with E-state index in [1.807, 2.05) is 53.4 Å². The van der Waals surface area contributed by atoms with Crippen molar-refractivity contribution in [2.45, 2.75) is 18.7 Å². The van der Waals surface area contributed by atoms with Crippen molar-refractivity contribution in [1.82, 2.24) is 9.38 Å². The summed E-state index contributed by atoms with van der Waals surface area (Å²) in [5.41, 5.74) is 3.81. The first-order chi connectivity index (χ1) is 12.4. The van der Waals surface area contributed by atoms with Crippen molar-refractivity contribution >= 4 is 32.0 Å². The molecule has 1 N–H and O–H groups in total. The highest BCUT2D eigenvalue weighted by Gasteiger charge is 2.17. The first kappa shape index (κ1) is 16.8. The monoisotopic (exact) mass is 383 g/mol. The lowest BCUT2D eigenvalue weighted by atomic mass is 10.1. The van der Waals surface area contributed by atoms with Crippen molar-refractivity contribution in [3.8, 4) is 11.3 Å². The van der Waals surface area contributed by atoms with E-state index in [0.717, 1.165) is 21.8 Å². The van der Waals surface area contributed by atoms with Crippen molar-refractivity contribution in [3.63, 3.8) is 0 Å². The molecule has 0 amide bonds. The molecule has 0 atom stereocenters. The fourth-order valence-electron chi connectivity index (χ4n) is 2.82. The van der Waals surface area contributed by atoms with Gasteiger partial charge in [0, 0.05) is 29.0 Å². The van der Waals surface area contributed by atoms with Crippen LogP contribution in [0.25, 0.3) is 16.2 Å². The van der Waals surface area contributed by atoms with Gasteiger partial charge >= 0.3 is 0 Å². The molecule has 4 rings (SSSR count). The molecule has 26 heavy (non-hydrogen) atoms. The van der Waals surface area contributed by atoms with Gasteiger partial charge < -0.3 is 0 Å². The third-order valence-corrected chi connectivity index (χ3v) is 6.43. The van der Waals surface area contributed by atoms with Gasteiger partial charge in [-0.15, -0.1) is 11.3 Å². The molecule has 0 saturated carbocycles. The molecule has 2 aromatic heterocycles. The molecule has 0 unspecified atom stereocenters. The lowest BCUT2D eigenvalue weighted by molar-refractivity contribution is 0.600. The summed E-state index contributed by atoms with van der Waals surface area (Å²) in [7, 11) is -3.65. The SMILES string of the molecule is Cc1ccc(C)c(S(=O)(=O)Nc2cccc(-c3cn4ccsc4n3)c2)c1. The highest BCUT2D eigenvalue weighted by Crippen LogP contribution is 2.26. The minimum absolute atomic E-state index is 0.297. The van der Waals surface area contributed by atoms with E-state index in [-0.39, 0.29) is 0 Å². The average molecular weight is 383 g/mol. The lowest BCUT2D eigenvalue weighted by Crippen LogP contribution is -2.14. The van der Waals surface area contributed by atoms with E-state index in [4.69, 9.17) is 0 Å². The molecule has 0 fully saturated rings. The molecule has 4 aromatic rings. The molecule has 5 nitrogen and oxygen atoms in total. The van der Waals surface area contributed by atoms with Crippen LogP contribution in [0.4, 0.5) is 5.69 Å². The second-order valence-corrected chi connectivity index (χ2v) is 8.70. The van der Waals surface area contributed by atoms with E-state index in [1.54, 1.807) is 36.5 Å². The molecule has 0 spiro atoms. The van der Waals surface area contributed by atoms with E-state index in [2.05, 4.69) is 9.71 Å². The van der Waals surface area contributed by atoms with Crippen molar-refractivity contribution in [2.75, 3.05) is 4.72 Å². The van der Waals surface area contributed by atoms with Gasteiger partial charge in [0.1, 0.15) is 0 Å². The standard InChI is InChI=1S/C19H17N3O2S2/c1-13-6-7-14(2)18(10-13)26(23,24)21-16-5-3-4-15(11-16)17-12-22-8-9-25-19(22)20-17/h3-12,21H,1-2H3. The van der Waals surface area contributed by atoms with Crippen LogP contribution in [0.5, 0.6) is 0 Å². The first-order valence-electron chi connectivity index (χ1n) is 8.05. The Bertz CT molecular complexity index is 1180. The van der Waals surface area contributed by atoms with Crippen molar-refractivity contribution in [3.05, 3.63) is 71.4 Å². The summed E-state index contributed by atoms with van der Waals surface area (Å²) in [4.78, 5) is 5.77. The van der Waals surface area contributed by atoms with Gasteiger partial charge in [-0.25, -0.2) is 13.4 Å². The Morgan fingerprint density at radius 1 is 1.12 bits per heavy atom. The highest BCUT2D eigenvalue weighted by molar-refractivity contribution is 7.92. The fraction of sp³-hybridized carbons (Fsp3) is 0.105. The molecule has 0 aliphatic heterocycles. The number of aryl methyl sites for hydroxylation is 2. The molecule has 0 saturated heterocycles. The van der Waals surface area contributed by atoms with Gasteiger partial charge in [0.25, 0.3) is 10.0 Å². The van der Waals surface area contributed by atoms with Gasteiger partial charge in [-0.05, 0) is 43.2 Å². The number of nitrogens with zero attached hydrogens (tertiary/aromatic N) is 2. The van der Waals surface area contributed by atoms with Crippen molar-refractivity contribution < 1.29 is 8.42 Å². The Morgan fingerprint density at radius 3 is 2.77 bits per heavy atom. The predicted molar refractivity (Wildman–Crippen MR) is 105 cm³/mol. The van der Waals surface area contributed by atoms with E-state index < -0.39 is 10.0 Å². The molecular formula is C19H17N3O2S2. The smallest absolute Gasteiger partial charge is 0.262 e. The van der Waals surface area contributed by atoms with Gasteiger partial charge in [0.2, 0.25) is 0 Å². The predicted octanol–water partition coefficient (Wildman–Crippen LogP) is 4.48. The van der Waals surface area contributed by atoms with Crippen molar-refractivity contribution in [1.29, 1.82) is 0 Å². The number of benzene rings is 2. The summed E-state index contributed by atoms with van der Waals surface area (Å²) in [6.45, 7) is 3.67. The maximum Gasteiger partial charge on any atom is 0.262 e. The summed E-state index contributed by atoms with van der Waals surface area (Å²) < 4.78 is 30.2. The van der Waals surface area contributed by atoms with E-state index in [9.17, 15) is 8.42 Å². The van der Waals surface area contributed by atoms with Gasteiger partial charge in [-0.1, -0.05) is 24.3 Å². The number of sulfonamides is 1. The largest absolute Gasteiger partial charge is 0.297 e. The van der Waals surface area contributed by atoms with E-state index >= 15 is 0 Å². The number of hydrogen-bond donors (Lipinski definition) is 1. The van der Waals surface area contributed by atoms with Gasteiger partial charge in [0.15, 0.2) is 4.96 Å². The zero-order valence-corrected chi connectivity index (χ0v) is 15.9. The Morgan fingerprint density at radius 2 is 1.96 bits per heavy atom. The van der Waals surface area contributed by atoms with E-state index in [1.165, 1.54) is 0 Å². The van der Waals surface area contributed by atoms with Crippen molar-refractivity contribution in [2.24, 2.45) is 0 Å². The molecule has 7 heteroatoms. The first-order valence-corrected chi connectivity index (χ1v) is 10.4. The molecule has 0 bridgehead atoms. The number of rotatable bonds is 4. The molecule has 2 heterocycles. The average Bonchev–Trinajstić information content (AvgIpc) is 3.18. The minimum atomic E-state index is -3.65. The van der Waals surface area contributed by atoms with Crippen LogP contribution in [-0.4, -0.2) is 17.8 Å². The van der Waals surface area contributed by atoms with Gasteiger partial charge in [0.05, 0.1) is 10.6 Å². The minimum Gasteiger partial charge on any atom is -0.297 e. The van der Waals surface area contributed by atoms with Crippen LogP contribution in [-0.2, 0) is 10.0 Å². The summed E-state index contributed by atoms with van der Waals surface area (Å²) in [5.74, 6) is 0. The van der Waals surface area contributed by atoms with Crippen LogP contribution < -0.4 is 4.72 Å². The fourth-order valence-corrected chi connectivity index (χ4v) is 4.90. The Hall–Kier alpha value is -2.64. The second kappa shape index (κ2) is 6.26. The molecule has 0 aliphatic rings. The normalized spacial score (nSPS) is 11.8.